The number of nitrogens with zero attached hydrogens (tertiary/aromatic N) is 3. The Bertz CT molecular complexity index is 1150. The summed E-state index contributed by atoms with van der Waals surface area (Å²) in [7, 11) is 0. The van der Waals surface area contributed by atoms with Crippen molar-refractivity contribution in [2.24, 2.45) is 5.92 Å². The Labute approximate surface area is 189 Å². The van der Waals surface area contributed by atoms with E-state index in [9.17, 15) is 19.7 Å². The number of rotatable bonds is 6. The van der Waals surface area contributed by atoms with Gasteiger partial charge in [0, 0.05) is 37.6 Å². The van der Waals surface area contributed by atoms with E-state index in [-0.39, 0.29) is 28.2 Å². The van der Waals surface area contributed by atoms with Gasteiger partial charge in [0.05, 0.1) is 15.5 Å². The van der Waals surface area contributed by atoms with Crippen molar-refractivity contribution in [3.8, 4) is 11.3 Å². The van der Waals surface area contributed by atoms with Gasteiger partial charge in [0.1, 0.15) is 5.69 Å². The number of anilines is 2. The minimum Gasteiger partial charge on any atom is -0.366 e. The highest BCUT2D eigenvalue weighted by Gasteiger charge is 2.29. The first kappa shape index (κ1) is 21.6. The zero-order chi connectivity index (χ0) is 22.7. The van der Waals surface area contributed by atoms with E-state index < -0.39 is 0 Å². The van der Waals surface area contributed by atoms with Crippen LogP contribution in [0.25, 0.3) is 11.3 Å². The number of piperidine rings is 1. The Morgan fingerprint density at radius 3 is 2.41 bits per heavy atom. The second-order valence-corrected chi connectivity index (χ2v) is 8.61. The average Bonchev–Trinajstić information content (AvgIpc) is 3.24. The van der Waals surface area contributed by atoms with Crippen molar-refractivity contribution in [1.82, 2.24) is 4.98 Å². The molecular weight excluding hydrogens is 428 g/mol. The maximum Gasteiger partial charge on any atom is 0.292 e. The zero-order valence-corrected chi connectivity index (χ0v) is 18.3. The average molecular weight is 451 g/mol. The van der Waals surface area contributed by atoms with Crippen molar-refractivity contribution < 1.29 is 14.5 Å². The second kappa shape index (κ2) is 9.27. The van der Waals surface area contributed by atoms with Crippen molar-refractivity contribution in [3.63, 3.8) is 0 Å². The van der Waals surface area contributed by atoms with Gasteiger partial charge < -0.3 is 10.2 Å². The van der Waals surface area contributed by atoms with Crippen LogP contribution in [0, 0.1) is 16.0 Å². The summed E-state index contributed by atoms with van der Waals surface area (Å²) < 4.78 is 0. The molecule has 4 rings (SSSR count). The molecule has 0 saturated carbocycles. The Balaban J connectivity index is 1.44. The first-order valence-corrected chi connectivity index (χ1v) is 11.1. The van der Waals surface area contributed by atoms with E-state index in [1.165, 1.54) is 24.3 Å². The molecule has 1 fully saturated rings. The fourth-order valence-corrected chi connectivity index (χ4v) is 4.77. The molecule has 0 radical (unpaired) electrons. The Kier molecular flexibility index (Phi) is 6.27. The van der Waals surface area contributed by atoms with Crippen LogP contribution in [0.3, 0.4) is 0 Å². The van der Waals surface area contributed by atoms with Crippen LogP contribution >= 0.6 is 11.3 Å². The van der Waals surface area contributed by atoms with Crippen LogP contribution in [0.1, 0.15) is 29.4 Å². The monoisotopic (exact) mass is 450 g/mol. The lowest BCUT2D eigenvalue weighted by Crippen LogP contribution is -2.38. The number of nitro benzene ring substituents is 1. The lowest BCUT2D eigenvalue weighted by molar-refractivity contribution is -0.384. The summed E-state index contributed by atoms with van der Waals surface area (Å²) in [5, 5.41) is 14.6. The summed E-state index contributed by atoms with van der Waals surface area (Å²) in [5.41, 5.74) is 2.05. The molecule has 0 atom stereocenters. The molecule has 0 aliphatic carbocycles. The number of ketones is 1. The molecule has 8 nitrogen and oxygen atoms in total. The first-order chi connectivity index (χ1) is 15.4. The number of nitro groups is 1. The van der Waals surface area contributed by atoms with Gasteiger partial charge in [-0.3, -0.25) is 19.7 Å². The number of carbonyl (C=O) groups excluding carboxylic acids is 2. The molecule has 0 unspecified atom stereocenters. The predicted molar refractivity (Wildman–Crippen MR) is 124 cm³/mol. The van der Waals surface area contributed by atoms with Gasteiger partial charge >= 0.3 is 0 Å². The zero-order valence-electron chi connectivity index (χ0n) is 17.5. The number of para-hydroxylation sites is 2. The van der Waals surface area contributed by atoms with E-state index in [0.717, 1.165) is 5.56 Å². The van der Waals surface area contributed by atoms with Gasteiger partial charge in [-0.2, -0.15) is 0 Å². The second-order valence-electron chi connectivity index (χ2n) is 7.62. The fourth-order valence-electron chi connectivity index (χ4n) is 3.88. The smallest absolute Gasteiger partial charge is 0.292 e. The van der Waals surface area contributed by atoms with Crippen LogP contribution < -0.4 is 10.2 Å². The third-order valence-corrected chi connectivity index (χ3v) is 6.58. The molecule has 1 N–H and O–H groups in total. The van der Waals surface area contributed by atoms with Crippen LogP contribution in [0.5, 0.6) is 0 Å². The summed E-state index contributed by atoms with van der Waals surface area (Å²) in [6.45, 7) is 2.59. The van der Waals surface area contributed by atoms with E-state index in [0.29, 0.717) is 47.3 Å². The number of thiazole rings is 1. The molecule has 1 amide bonds. The molecule has 1 aliphatic heterocycles. The number of hydrogen-bond acceptors (Lipinski definition) is 7. The van der Waals surface area contributed by atoms with E-state index >= 15 is 0 Å². The Morgan fingerprint density at radius 2 is 1.75 bits per heavy atom. The molecule has 2 heterocycles. The fraction of sp³-hybridized carbons (Fsp3) is 0.261. The lowest BCUT2D eigenvalue weighted by atomic mass is 9.95. The molecule has 0 spiro atoms. The molecule has 1 saturated heterocycles. The van der Waals surface area contributed by atoms with Crippen molar-refractivity contribution in [2.45, 2.75) is 19.8 Å². The van der Waals surface area contributed by atoms with Crippen molar-refractivity contribution in [3.05, 3.63) is 69.6 Å². The first-order valence-electron chi connectivity index (χ1n) is 10.3. The highest BCUT2D eigenvalue weighted by molar-refractivity contribution is 7.18. The van der Waals surface area contributed by atoms with E-state index in [4.69, 9.17) is 0 Å². The maximum absolute atomic E-state index is 12.9. The summed E-state index contributed by atoms with van der Waals surface area (Å²) in [5.74, 6) is -0.464. The lowest BCUT2D eigenvalue weighted by Gasteiger charge is -2.32. The predicted octanol–water partition coefficient (Wildman–Crippen LogP) is 4.78. The molecule has 3 aromatic rings. The molecule has 1 aliphatic rings. The molecule has 32 heavy (non-hydrogen) atoms. The van der Waals surface area contributed by atoms with Gasteiger partial charge in [0.25, 0.3) is 5.69 Å². The van der Waals surface area contributed by atoms with Crippen molar-refractivity contribution in [1.29, 1.82) is 0 Å². The van der Waals surface area contributed by atoms with Gasteiger partial charge in [0.2, 0.25) is 5.91 Å². The van der Waals surface area contributed by atoms with E-state index in [1.807, 2.05) is 35.2 Å². The number of Topliss-reactive ketones (excluding diaryl/α,β-unsaturated/α-hetero) is 1. The van der Waals surface area contributed by atoms with Gasteiger partial charge in [-0.15, -0.1) is 0 Å². The maximum atomic E-state index is 12.9. The number of carbonyl (C=O) groups is 2. The normalized spacial score (nSPS) is 14.2. The minimum absolute atomic E-state index is 0.0726. The number of amides is 1. The van der Waals surface area contributed by atoms with Crippen LogP contribution in [-0.4, -0.2) is 34.7 Å². The van der Waals surface area contributed by atoms with Crippen molar-refractivity contribution >= 4 is 39.5 Å². The number of hydrogen-bond donors (Lipinski definition) is 1. The standard InChI is InChI=1S/C23H22N4O4S/c1-15(28)21-20(16-7-3-2-4-8-16)24-23(32-21)25-22(29)17-11-13-26(14-12-17)18-9-5-6-10-19(18)27(30)31/h2-10,17H,11-14H2,1H3,(H,24,25,29). The molecule has 9 heteroatoms. The van der Waals surface area contributed by atoms with Gasteiger partial charge in [-0.05, 0) is 18.9 Å². The van der Waals surface area contributed by atoms with Crippen molar-refractivity contribution in [2.75, 3.05) is 23.3 Å². The van der Waals surface area contributed by atoms with Gasteiger partial charge in [0.15, 0.2) is 10.9 Å². The highest BCUT2D eigenvalue weighted by Crippen LogP contribution is 2.34. The quantitative estimate of drug-likeness (QED) is 0.329. The van der Waals surface area contributed by atoms with Crippen LogP contribution in [-0.2, 0) is 4.79 Å². The van der Waals surface area contributed by atoms with Crippen LogP contribution in [0.15, 0.2) is 54.6 Å². The highest BCUT2D eigenvalue weighted by atomic mass is 32.1. The van der Waals surface area contributed by atoms with Gasteiger partial charge in [-0.1, -0.05) is 53.8 Å². The summed E-state index contributed by atoms with van der Waals surface area (Å²) in [6.07, 6.45) is 1.16. The van der Waals surface area contributed by atoms with E-state index in [2.05, 4.69) is 10.3 Å². The molecule has 1 aromatic heterocycles. The number of benzene rings is 2. The largest absolute Gasteiger partial charge is 0.366 e. The summed E-state index contributed by atoms with van der Waals surface area (Å²) in [4.78, 5) is 42.8. The Hall–Kier alpha value is -3.59. The molecule has 164 valence electrons. The topological polar surface area (TPSA) is 105 Å². The van der Waals surface area contributed by atoms with E-state index in [1.54, 1.807) is 18.2 Å². The third-order valence-electron chi connectivity index (χ3n) is 5.51. The Morgan fingerprint density at radius 1 is 1.09 bits per heavy atom. The molecule has 0 bridgehead atoms. The number of nitrogens with one attached hydrogen (secondary N) is 1. The third kappa shape index (κ3) is 4.52. The van der Waals surface area contributed by atoms with Crippen LogP contribution in [0.4, 0.5) is 16.5 Å². The summed E-state index contributed by atoms with van der Waals surface area (Å²) in [6, 6.07) is 16.1. The number of aromatic nitrogens is 1. The molecule has 2 aromatic carbocycles. The van der Waals surface area contributed by atoms with Crippen LogP contribution in [0.2, 0.25) is 0 Å². The summed E-state index contributed by atoms with van der Waals surface area (Å²) >= 11 is 1.18. The molecular formula is C23H22N4O4S. The SMILES string of the molecule is CC(=O)c1sc(NC(=O)C2CCN(c3ccccc3[N+](=O)[O-])CC2)nc1-c1ccccc1. The minimum atomic E-state index is -0.381. The van der Waals surface area contributed by atoms with Gasteiger partial charge in [-0.25, -0.2) is 4.98 Å².